The maximum atomic E-state index is 12.5. The van der Waals surface area contributed by atoms with Gasteiger partial charge in [0, 0.05) is 31.9 Å². The van der Waals surface area contributed by atoms with Crippen molar-refractivity contribution in [3.8, 4) is 0 Å². The van der Waals surface area contributed by atoms with Crippen LogP contribution in [0.4, 0.5) is 0 Å². The van der Waals surface area contributed by atoms with Gasteiger partial charge in [-0.25, -0.2) is 0 Å². The van der Waals surface area contributed by atoms with Gasteiger partial charge in [0.2, 0.25) is 0 Å². The fourth-order valence-electron chi connectivity index (χ4n) is 3.87. The zero-order valence-electron chi connectivity index (χ0n) is 22.9. The SMILES string of the molecule is CC.CO[C@@]1(C)CCC(=O)C(C)C(=O)OC[C@@](C)(O)C(O)C(C)/C(=N/OCCN(C)C)[C@H](C)C1. The fraction of sp³-hybridized carbons (Fsp3) is 0.880. The van der Waals surface area contributed by atoms with Crippen LogP contribution in [0.1, 0.15) is 67.7 Å². The number of nitrogens with zero attached hydrogens (tertiary/aromatic N) is 2. The van der Waals surface area contributed by atoms with Crippen LogP contribution >= 0.6 is 0 Å². The van der Waals surface area contributed by atoms with E-state index in [-0.39, 0.29) is 18.1 Å². The summed E-state index contributed by atoms with van der Waals surface area (Å²) in [6.07, 6.45) is -0.178. The van der Waals surface area contributed by atoms with Crippen molar-refractivity contribution in [1.29, 1.82) is 0 Å². The van der Waals surface area contributed by atoms with Crippen molar-refractivity contribution in [3.05, 3.63) is 0 Å². The summed E-state index contributed by atoms with van der Waals surface area (Å²) in [6, 6.07) is 0. The Bertz CT molecular complexity index is 652. The first kappa shape index (κ1) is 32.5. The summed E-state index contributed by atoms with van der Waals surface area (Å²) in [6.45, 7) is 13.1. The number of hydrogen-bond donors (Lipinski definition) is 2. The second-order valence-electron chi connectivity index (χ2n) is 9.80. The van der Waals surface area contributed by atoms with E-state index < -0.39 is 41.7 Å². The average molecular weight is 489 g/mol. The summed E-state index contributed by atoms with van der Waals surface area (Å²) in [5.74, 6) is -2.68. The van der Waals surface area contributed by atoms with E-state index in [1.54, 1.807) is 14.0 Å². The number of aliphatic hydroxyl groups is 2. The number of rotatable bonds is 5. The normalized spacial score (nSPS) is 35.3. The Kier molecular flexibility index (Phi) is 14.1. The smallest absolute Gasteiger partial charge is 0.316 e. The number of likely N-dealkylation sites (N-methyl/N-ethyl adjacent to an activating group) is 1. The van der Waals surface area contributed by atoms with Gasteiger partial charge in [0.15, 0.2) is 0 Å². The van der Waals surface area contributed by atoms with Gasteiger partial charge in [0.25, 0.3) is 0 Å². The van der Waals surface area contributed by atoms with E-state index in [1.807, 2.05) is 46.7 Å². The molecule has 0 bridgehead atoms. The van der Waals surface area contributed by atoms with Crippen LogP contribution in [0, 0.1) is 17.8 Å². The molecule has 6 atom stereocenters. The molecule has 0 saturated carbocycles. The number of aliphatic hydroxyl groups excluding tert-OH is 1. The van der Waals surface area contributed by atoms with Crippen LogP contribution in [0.2, 0.25) is 0 Å². The first-order valence-corrected chi connectivity index (χ1v) is 12.2. The van der Waals surface area contributed by atoms with Gasteiger partial charge in [-0.15, -0.1) is 0 Å². The standard InChI is InChI=1S/C23H42N2O7.C2H6/c1-15-13-22(4,30-8)10-9-18(26)16(2)21(28)31-14-23(5,29)20(27)17(3)19(15)24-32-12-11-25(6)7;1-2/h15-17,20,27,29H,9-14H2,1-8H3;1-2H3/b24-19+;/t15-,16?,17?,20?,22+,23-;/m1./s1. The maximum Gasteiger partial charge on any atom is 0.316 e. The Morgan fingerprint density at radius 1 is 1.18 bits per heavy atom. The third kappa shape index (κ3) is 9.98. The molecule has 1 heterocycles. The lowest BCUT2D eigenvalue weighted by Crippen LogP contribution is -2.51. The Balaban J connectivity index is 0.00000529. The van der Waals surface area contributed by atoms with E-state index in [0.29, 0.717) is 31.7 Å². The van der Waals surface area contributed by atoms with Gasteiger partial charge < -0.3 is 29.4 Å². The second kappa shape index (κ2) is 14.8. The van der Waals surface area contributed by atoms with Crippen molar-refractivity contribution in [2.45, 2.75) is 85.0 Å². The molecule has 0 radical (unpaired) electrons. The zero-order chi connectivity index (χ0) is 26.7. The molecule has 34 heavy (non-hydrogen) atoms. The van der Waals surface area contributed by atoms with Gasteiger partial charge in [-0.2, -0.15) is 0 Å². The number of cyclic esters (lactones) is 1. The molecule has 0 aromatic heterocycles. The van der Waals surface area contributed by atoms with Crippen molar-refractivity contribution >= 4 is 17.5 Å². The molecule has 1 aliphatic heterocycles. The molecule has 1 saturated heterocycles. The molecular weight excluding hydrogens is 440 g/mol. The molecule has 0 aliphatic carbocycles. The minimum absolute atomic E-state index is 0.160. The third-order valence-corrected chi connectivity index (χ3v) is 6.36. The summed E-state index contributed by atoms with van der Waals surface area (Å²) in [5, 5.41) is 26.1. The summed E-state index contributed by atoms with van der Waals surface area (Å²) in [7, 11) is 5.45. The molecule has 0 aromatic carbocycles. The van der Waals surface area contributed by atoms with Crippen molar-refractivity contribution in [2.24, 2.45) is 22.9 Å². The number of Topliss-reactive ketones (excluding diaryl/α,β-unsaturated/α-hetero) is 1. The van der Waals surface area contributed by atoms with Crippen molar-refractivity contribution in [2.75, 3.05) is 41.0 Å². The van der Waals surface area contributed by atoms with Crippen molar-refractivity contribution in [1.82, 2.24) is 4.90 Å². The third-order valence-electron chi connectivity index (χ3n) is 6.36. The highest BCUT2D eigenvalue weighted by atomic mass is 16.6. The number of hydrogen-bond acceptors (Lipinski definition) is 9. The minimum Gasteiger partial charge on any atom is -0.462 e. The summed E-state index contributed by atoms with van der Waals surface area (Å²) < 4.78 is 10.9. The lowest BCUT2D eigenvalue weighted by molar-refractivity contribution is -0.165. The van der Waals surface area contributed by atoms with Crippen LogP contribution in [0.25, 0.3) is 0 Å². The molecule has 1 rings (SSSR count). The van der Waals surface area contributed by atoms with E-state index in [0.717, 1.165) is 0 Å². The zero-order valence-corrected chi connectivity index (χ0v) is 22.9. The lowest BCUT2D eigenvalue weighted by atomic mass is 9.78. The van der Waals surface area contributed by atoms with Crippen molar-refractivity contribution < 1.29 is 34.1 Å². The van der Waals surface area contributed by atoms with E-state index in [4.69, 9.17) is 14.3 Å². The van der Waals surface area contributed by atoms with E-state index in [9.17, 15) is 19.8 Å². The van der Waals surface area contributed by atoms with Gasteiger partial charge in [0.1, 0.15) is 30.5 Å². The van der Waals surface area contributed by atoms with Gasteiger partial charge in [-0.3, -0.25) is 9.59 Å². The van der Waals surface area contributed by atoms with Crippen LogP contribution < -0.4 is 0 Å². The lowest BCUT2D eigenvalue weighted by Gasteiger charge is -2.37. The quantitative estimate of drug-likeness (QED) is 0.262. The molecule has 1 fully saturated rings. The Morgan fingerprint density at radius 2 is 1.76 bits per heavy atom. The van der Waals surface area contributed by atoms with Crippen LogP contribution in [0.15, 0.2) is 5.16 Å². The maximum absolute atomic E-state index is 12.5. The highest BCUT2D eigenvalue weighted by Crippen LogP contribution is 2.31. The summed E-state index contributed by atoms with van der Waals surface area (Å²) in [4.78, 5) is 32.4. The minimum atomic E-state index is -1.74. The number of oxime groups is 1. The summed E-state index contributed by atoms with van der Waals surface area (Å²) >= 11 is 0. The van der Waals surface area contributed by atoms with E-state index in [1.165, 1.54) is 13.8 Å². The van der Waals surface area contributed by atoms with Crippen LogP contribution in [-0.4, -0.2) is 90.8 Å². The summed E-state index contributed by atoms with van der Waals surface area (Å²) in [5.41, 5.74) is -1.82. The molecule has 9 nitrogen and oxygen atoms in total. The van der Waals surface area contributed by atoms with E-state index in [2.05, 4.69) is 5.16 Å². The molecular formula is C25H48N2O7. The second-order valence-corrected chi connectivity index (χ2v) is 9.80. The Hall–Kier alpha value is -1.55. The topological polar surface area (TPSA) is 118 Å². The largest absolute Gasteiger partial charge is 0.462 e. The Labute approximate surface area is 205 Å². The predicted octanol–water partition coefficient (Wildman–Crippen LogP) is 2.67. The van der Waals surface area contributed by atoms with Gasteiger partial charge >= 0.3 is 5.97 Å². The van der Waals surface area contributed by atoms with Crippen LogP contribution in [0.3, 0.4) is 0 Å². The number of methoxy groups -OCH3 is 1. The molecule has 0 aromatic rings. The number of esters is 1. The van der Waals surface area contributed by atoms with Gasteiger partial charge in [-0.05, 0) is 47.7 Å². The fourth-order valence-corrected chi connectivity index (χ4v) is 3.87. The van der Waals surface area contributed by atoms with Crippen LogP contribution in [0.5, 0.6) is 0 Å². The first-order chi connectivity index (χ1) is 15.7. The number of carbonyl (C=O) groups is 2. The molecule has 2 N–H and O–H groups in total. The molecule has 3 unspecified atom stereocenters. The monoisotopic (exact) mass is 488 g/mol. The van der Waals surface area contributed by atoms with Gasteiger partial charge in [0.05, 0.1) is 17.4 Å². The van der Waals surface area contributed by atoms with E-state index >= 15 is 0 Å². The average Bonchev–Trinajstić information content (AvgIpc) is 2.80. The van der Waals surface area contributed by atoms with Crippen molar-refractivity contribution in [3.63, 3.8) is 0 Å². The molecule has 0 amide bonds. The van der Waals surface area contributed by atoms with Crippen LogP contribution in [-0.2, 0) is 23.9 Å². The Morgan fingerprint density at radius 3 is 2.29 bits per heavy atom. The van der Waals surface area contributed by atoms with Gasteiger partial charge in [-0.1, -0.05) is 32.9 Å². The molecule has 1 aliphatic rings. The highest BCUT2D eigenvalue weighted by molar-refractivity contribution is 5.98. The molecule has 0 spiro atoms. The number of ketones is 1. The first-order valence-electron chi connectivity index (χ1n) is 12.2. The number of carbonyl (C=O) groups excluding carboxylic acids is 2. The number of ether oxygens (including phenoxy) is 2. The molecule has 200 valence electrons. The highest BCUT2D eigenvalue weighted by Gasteiger charge is 2.41. The molecule has 9 heteroatoms. The predicted molar refractivity (Wildman–Crippen MR) is 133 cm³/mol.